The molecule has 1 unspecified atom stereocenters. The molecular formula is C13H10BrClFNOS. The minimum absolute atomic E-state index is 0.137. The van der Waals surface area contributed by atoms with Gasteiger partial charge in [0.25, 0.3) is 0 Å². The highest BCUT2D eigenvalue weighted by atomic mass is 79.9. The van der Waals surface area contributed by atoms with Crippen LogP contribution in [0.15, 0.2) is 28.7 Å². The van der Waals surface area contributed by atoms with E-state index in [0.29, 0.717) is 16.5 Å². The summed E-state index contributed by atoms with van der Waals surface area (Å²) < 4.78 is 20.7. The fraction of sp³-hybridized carbons (Fsp3) is 0.231. The molecule has 3 rings (SSSR count). The maximum absolute atomic E-state index is 13.2. The number of hydrogen-bond acceptors (Lipinski definition) is 3. The lowest BCUT2D eigenvalue weighted by molar-refractivity contribution is 0.164. The second kappa shape index (κ2) is 5.05. The van der Waals surface area contributed by atoms with Crippen molar-refractivity contribution >= 4 is 38.9 Å². The Morgan fingerprint density at radius 3 is 2.89 bits per heavy atom. The first-order chi connectivity index (χ1) is 9.04. The fourth-order valence-electron chi connectivity index (χ4n) is 2.17. The highest BCUT2D eigenvalue weighted by molar-refractivity contribution is 9.10. The Hall–Kier alpha value is -0.620. The van der Waals surface area contributed by atoms with Crippen molar-refractivity contribution in [2.45, 2.75) is 18.6 Å². The molecule has 0 amide bonds. The first-order valence-electron chi connectivity index (χ1n) is 5.71. The molecule has 0 aliphatic carbocycles. The van der Waals surface area contributed by atoms with E-state index in [1.54, 1.807) is 6.07 Å². The standard InChI is InChI=1S/C13H10BrClFNOS/c14-8-4-12(19-13(8)15)11-5-9(17)7-3-6(16)1-2-10(7)18-11/h1-4,9,11H,5,17H2/t9-,11?/m1/s1. The molecule has 0 saturated heterocycles. The van der Waals surface area contributed by atoms with Gasteiger partial charge in [0.05, 0.1) is 0 Å². The summed E-state index contributed by atoms with van der Waals surface area (Å²) in [6.07, 6.45) is 0.474. The third kappa shape index (κ3) is 2.52. The molecule has 1 aliphatic rings. The van der Waals surface area contributed by atoms with Gasteiger partial charge >= 0.3 is 0 Å². The molecule has 0 radical (unpaired) electrons. The van der Waals surface area contributed by atoms with E-state index >= 15 is 0 Å². The fourth-order valence-corrected chi connectivity index (χ4v) is 3.95. The van der Waals surface area contributed by atoms with E-state index < -0.39 is 0 Å². The van der Waals surface area contributed by atoms with Crippen LogP contribution in [-0.4, -0.2) is 0 Å². The van der Waals surface area contributed by atoms with Crippen molar-refractivity contribution in [1.29, 1.82) is 0 Å². The zero-order valence-electron chi connectivity index (χ0n) is 9.70. The highest BCUT2D eigenvalue weighted by Gasteiger charge is 2.29. The average Bonchev–Trinajstić information content (AvgIpc) is 2.70. The second-order valence-electron chi connectivity index (χ2n) is 4.40. The van der Waals surface area contributed by atoms with Gasteiger partial charge in [-0.25, -0.2) is 4.39 Å². The molecule has 1 aromatic heterocycles. The summed E-state index contributed by atoms with van der Waals surface area (Å²) in [5.74, 6) is 0.351. The van der Waals surface area contributed by atoms with Crippen molar-refractivity contribution < 1.29 is 9.13 Å². The molecule has 6 heteroatoms. The maximum atomic E-state index is 13.2. The molecule has 0 fully saturated rings. The van der Waals surface area contributed by atoms with Crippen molar-refractivity contribution in [3.63, 3.8) is 0 Å². The summed E-state index contributed by atoms with van der Waals surface area (Å²) >= 11 is 10.9. The predicted molar refractivity (Wildman–Crippen MR) is 78.3 cm³/mol. The van der Waals surface area contributed by atoms with Crippen molar-refractivity contribution in [2.75, 3.05) is 0 Å². The monoisotopic (exact) mass is 361 g/mol. The summed E-state index contributed by atoms with van der Waals surface area (Å²) in [7, 11) is 0. The quantitative estimate of drug-likeness (QED) is 0.789. The molecule has 2 atom stereocenters. The summed E-state index contributed by atoms with van der Waals surface area (Å²) in [6.45, 7) is 0. The highest BCUT2D eigenvalue weighted by Crippen LogP contribution is 2.44. The largest absolute Gasteiger partial charge is 0.484 e. The van der Waals surface area contributed by atoms with E-state index in [2.05, 4.69) is 15.9 Å². The number of nitrogens with two attached hydrogens (primary N) is 1. The lowest BCUT2D eigenvalue weighted by Gasteiger charge is -2.29. The normalized spacial score (nSPS) is 21.9. The number of rotatable bonds is 1. The molecular weight excluding hydrogens is 353 g/mol. The molecule has 2 aromatic rings. The van der Waals surface area contributed by atoms with Crippen LogP contribution in [0.5, 0.6) is 5.75 Å². The van der Waals surface area contributed by atoms with E-state index in [1.807, 2.05) is 6.07 Å². The molecule has 1 aliphatic heterocycles. The predicted octanol–water partition coefficient (Wildman–Crippen LogP) is 4.83. The Morgan fingerprint density at radius 2 is 2.21 bits per heavy atom. The van der Waals surface area contributed by atoms with Gasteiger partial charge < -0.3 is 10.5 Å². The topological polar surface area (TPSA) is 35.2 Å². The first kappa shape index (κ1) is 13.4. The number of ether oxygens (including phenoxy) is 1. The van der Waals surface area contributed by atoms with E-state index in [4.69, 9.17) is 22.1 Å². The van der Waals surface area contributed by atoms with Crippen LogP contribution in [0.25, 0.3) is 0 Å². The molecule has 0 bridgehead atoms. The van der Waals surface area contributed by atoms with Gasteiger partial charge in [0.15, 0.2) is 0 Å². The number of halogens is 3. The van der Waals surface area contributed by atoms with Crippen LogP contribution in [0.3, 0.4) is 0 Å². The Balaban J connectivity index is 1.94. The molecule has 2 heterocycles. The van der Waals surface area contributed by atoms with Gasteiger partial charge in [0.2, 0.25) is 0 Å². The minimum atomic E-state index is -0.293. The number of hydrogen-bond donors (Lipinski definition) is 1. The Morgan fingerprint density at radius 1 is 1.42 bits per heavy atom. The van der Waals surface area contributed by atoms with Gasteiger partial charge in [-0.05, 0) is 40.2 Å². The molecule has 2 nitrogen and oxygen atoms in total. The summed E-state index contributed by atoms with van der Waals surface area (Å²) in [4.78, 5) is 1.02. The maximum Gasteiger partial charge on any atom is 0.135 e. The van der Waals surface area contributed by atoms with Crippen LogP contribution in [0.4, 0.5) is 4.39 Å². The molecule has 2 N–H and O–H groups in total. The minimum Gasteiger partial charge on any atom is -0.484 e. The van der Waals surface area contributed by atoms with Crippen molar-refractivity contribution in [2.24, 2.45) is 5.73 Å². The van der Waals surface area contributed by atoms with Crippen LogP contribution >= 0.6 is 38.9 Å². The first-order valence-corrected chi connectivity index (χ1v) is 7.70. The van der Waals surface area contributed by atoms with Gasteiger partial charge in [-0.1, -0.05) is 11.6 Å². The van der Waals surface area contributed by atoms with E-state index in [1.165, 1.54) is 23.5 Å². The van der Waals surface area contributed by atoms with Gasteiger partial charge in [-0.15, -0.1) is 11.3 Å². The number of fused-ring (bicyclic) bond motifs is 1. The Labute approximate surface area is 127 Å². The number of benzene rings is 1. The zero-order chi connectivity index (χ0) is 13.6. The molecule has 1 aromatic carbocycles. The summed E-state index contributed by atoms with van der Waals surface area (Å²) in [5, 5.41) is 0. The van der Waals surface area contributed by atoms with Crippen LogP contribution in [0.1, 0.15) is 29.0 Å². The summed E-state index contributed by atoms with van der Waals surface area (Å²) in [6, 6.07) is 6.16. The van der Waals surface area contributed by atoms with E-state index in [-0.39, 0.29) is 18.0 Å². The third-order valence-electron chi connectivity index (χ3n) is 3.09. The van der Waals surface area contributed by atoms with Crippen molar-refractivity contribution in [3.8, 4) is 5.75 Å². The number of thiophene rings is 1. The molecule has 19 heavy (non-hydrogen) atoms. The van der Waals surface area contributed by atoms with Gasteiger partial charge in [-0.2, -0.15) is 0 Å². The Bertz CT molecular complexity index is 614. The van der Waals surface area contributed by atoms with Crippen molar-refractivity contribution in [3.05, 3.63) is 49.3 Å². The van der Waals surface area contributed by atoms with Crippen molar-refractivity contribution in [1.82, 2.24) is 0 Å². The lowest BCUT2D eigenvalue weighted by atomic mass is 9.96. The van der Waals surface area contributed by atoms with E-state index in [0.717, 1.165) is 14.9 Å². The molecule has 0 saturated carbocycles. The average molecular weight is 363 g/mol. The van der Waals surface area contributed by atoms with Crippen LogP contribution in [0.2, 0.25) is 4.34 Å². The molecule has 100 valence electrons. The van der Waals surface area contributed by atoms with Crippen LogP contribution < -0.4 is 10.5 Å². The third-order valence-corrected chi connectivity index (χ3v) is 5.66. The van der Waals surface area contributed by atoms with Gasteiger partial charge in [0, 0.05) is 27.4 Å². The molecule has 0 spiro atoms. The SMILES string of the molecule is N[C@@H]1CC(c2cc(Br)c(Cl)s2)Oc2ccc(F)cc21. The van der Waals surface area contributed by atoms with Crippen LogP contribution in [-0.2, 0) is 0 Å². The lowest BCUT2D eigenvalue weighted by Crippen LogP contribution is -2.23. The summed E-state index contributed by atoms with van der Waals surface area (Å²) in [5.41, 5.74) is 6.82. The van der Waals surface area contributed by atoms with Crippen LogP contribution in [0, 0.1) is 5.82 Å². The smallest absolute Gasteiger partial charge is 0.135 e. The van der Waals surface area contributed by atoms with Gasteiger partial charge in [-0.3, -0.25) is 0 Å². The van der Waals surface area contributed by atoms with Gasteiger partial charge in [0.1, 0.15) is 22.0 Å². The second-order valence-corrected chi connectivity index (χ2v) is 6.94. The Kier molecular flexibility index (Phi) is 3.55. The van der Waals surface area contributed by atoms with E-state index in [9.17, 15) is 4.39 Å². The zero-order valence-corrected chi connectivity index (χ0v) is 12.9.